The third kappa shape index (κ3) is 3.24. The molecule has 0 fully saturated rings. The number of rotatable bonds is 5. The van der Waals surface area contributed by atoms with Gasteiger partial charge in [-0.05, 0) is 31.4 Å². The summed E-state index contributed by atoms with van der Waals surface area (Å²) in [6.07, 6.45) is 5.30. The Labute approximate surface area is 116 Å². The van der Waals surface area contributed by atoms with Crippen molar-refractivity contribution in [2.24, 2.45) is 0 Å². The van der Waals surface area contributed by atoms with Crippen molar-refractivity contribution in [3.8, 4) is 6.07 Å². The molecule has 0 spiro atoms. The number of H-pyrrole nitrogens is 1. The van der Waals surface area contributed by atoms with Gasteiger partial charge in [0.05, 0.1) is 11.8 Å². The largest absolute Gasteiger partial charge is 0.369 e. The molecule has 2 aromatic heterocycles. The van der Waals surface area contributed by atoms with E-state index >= 15 is 0 Å². The minimum absolute atomic E-state index is 0.379. The van der Waals surface area contributed by atoms with Gasteiger partial charge < -0.3 is 5.32 Å². The summed E-state index contributed by atoms with van der Waals surface area (Å²) >= 11 is 6.05. The lowest BCUT2D eigenvalue weighted by Crippen LogP contribution is -2.05. The van der Waals surface area contributed by atoms with Crippen molar-refractivity contribution in [2.45, 2.75) is 19.8 Å². The molecule has 0 aliphatic heterocycles. The van der Waals surface area contributed by atoms with E-state index in [0.29, 0.717) is 16.4 Å². The predicted molar refractivity (Wildman–Crippen MR) is 74.1 cm³/mol. The van der Waals surface area contributed by atoms with Gasteiger partial charge in [-0.3, -0.25) is 5.10 Å². The van der Waals surface area contributed by atoms with Gasteiger partial charge in [-0.1, -0.05) is 11.6 Å². The normalized spacial score (nSPS) is 10.2. The molecule has 0 aliphatic rings. The number of hydrogen-bond donors (Lipinski definition) is 2. The van der Waals surface area contributed by atoms with Crippen molar-refractivity contribution in [1.82, 2.24) is 15.2 Å². The highest BCUT2D eigenvalue weighted by Gasteiger charge is 2.06. The Bertz CT molecular complexity index is 599. The first-order valence-corrected chi connectivity index (χ1v) is 6.37. The van der Waals surface area contributed by atoms with E-state index in [4.69, 9.17) is 16.9 Å². The molecule has 0 unspecified atom stereocenters. The van der Waals surface area contributed by atoms with Crippen LogP contribution in [-0.4, -0.2) is 21.7 Å². The number of nitrogens with one attached hydrogen (secondary N) is 2. The summed E-state index contributed by atoms with van der Waals surface area (Å²) in [6, 6.07) is 3.63. The first-order chi connectivity index (χ1) is 9.22. The third-order valence-corrected chi connectivity index (χ3v) is 3.24. The SMILES string of the molecule is Cc1[nH]ncc1CCCNc1nccc(C#N)c1Cl. The van der Waals surface area contributed by atoms with Crippen molar-refractivity contribution >= 4 is 17.4 Å². The van der Waals surface area contributed by atoms with Crippen molar-refractivity contribution in [2.75, 3.05) is 11.9 Å². The Kier molecular flexibility index (Phi) is 4.37. The van der Waals surface area contributed by atoms with Crippen LogP contribution in [0.2, 0.25) is 5.02 Å². The molecular formula is C13H14ClN5. The highest BCUT2D eigenvalue weighted by atomic mass is 35.5. The number of aromatic amines is 1. The van der Waals surface area contributed by atoms with Gasteiger partial charge in [-0.2, -0.15) is 10.4 Å². The molecule has 0 radical (unpaired) electrons. The van der Waals surface area contributed by atoms with E-state index in [0.717, 1.165) is 25.1 Å². The highest BCUT2D eigenvalue weighted by Crippen LogP contribution is 2.22. The maximum Gasteiger partial charge on any atom is 0.146 e. The summed E-state index contributed by atoms with van der Waals surface area (Å²) in [5, 5.41) is 19.3. The van der Waals surface area contributed by atoms with Crippen LogP contribution in [0.5, 0.6) is 0 Å². The second kappa shape index (κ2) is 6.21. The predicted octanol–water partition coefficient (Wildman–Crippen LogP) is 2.68. The molecule has 2 heterocycles. The molecule has 0 saturated carbocycles. The highest BCUT2D eigenvalue weighted by molar-refractivity contribution is 6.34. The Morgan fingerprint density at radius 2 is 2.37 bits per heavy atom. The summed E-state index contributed by atoms with van der Waals surface area (Å²) in [5.41, 5.74) is 2.75. The number of hydrogen-bond acceptors (Lipinski definition) is 4. The van der Waals surface area contributed by atoms with Gasteiger partial charge >= 0.3 is 0 Å². The van der Waals surface area contributed by atoms with Crippen molar-refractivity contribution < 1.29 is 0 Å². The molecule has 98 valence electrons. The molecule has 0 aromatic carbocycles. The first kappa shape index (κ1) is 13.4. The second-order valence-corrected chi connectivity index (χ2v) is 4.56. The quantitative estimate of drug-likeness (QED) is 0.823. The molecule has 0 bridgehead atoms. The average molecular weight is 276 g/mol. The Balaban J connectivity index is 1.87. The van der Waals surface area contributed by atoms with Crippen LogP contribution >= 0.6 is 11.6 Å². The zero-order valence-electron chi connectivity index (χ0n) is 10.6. The van der Waals surface area contributed by atoms with Crippen molar-refractivity contribution in [3.63, 3.8) is 0 Å². The fourth-order valence-electron chi connectivity index (χ4n) is 1.77. The van der Waals surface area contributed by atoms with Crippen LogP contribution in [0, 0.1) is 18.3 Å². The standard InChI is InChI=1S/C13H14ClN5/c1-9-11(8-18-19-9)3-2-5-16-13-12(14)10(7-15)4-6-17-13/h4,6,8H,2-3,5H2,1H3,(H,16,17)(H,18,19). The molecule has 6 heteroatoms. The molecule has 19 heavy (non-hydrogen) atoms. The van der Waals surface area contributed by atoms with E-state index < -0.39 is 0 Å². The van der Waals surface area contributed by atoms with E-state index in [-0.39, 0.29) is 0 Å². The van der Waals surface area contributed by atoms with Gasteiger partial charge in [0.15, 0.2) is 0 Å². The number of aromatic nitrogens is 3. The molecule has 5 nitrogen and oxygen atoms in total. The maximum absolute atomic E-state index is 8.87. The Morgan fingerprint density at radius 3 is 3.05 bits per heavy atom. The molecule has 0 aliphatic carbocycles. The van der Waals surface area contributed by atoms with Crippen LogP contribution in [0.1, 0.15) is 23.2 Å². The fourth-order valence-corrected chi connectivity index (χ4v) is 1.99. The number of nitrogens with zero attached hydrogens (tertiary/aromatic N) is 3. The van der Waals surface area contributed by atoms with E-state index in [2.05, 4.69) is 20.5 Å². The number of anilines is 1. The number of pyridine rings is 1. The molecule has 2 N–H and O–H groups in total. The zero-order chi connectivity index (χ0) is 13.7. The summed E-state index contributed by atoms with van der Waals surface area (Å²) in [4.78, 5) is 4.13. The summed E-state index contributed by atoms with van der Waals surface area (Å²) in [6.45, 7) is 2.75. The van der Waals surface area contributed by atoms with Crippen LogP contribution in [0.3, 0.4) is 0 Å². The smallest absolute Gasteiger partial charge is 0.146 e. The lowest BCUT2D eigenvalue weighted by Gasteiger charge is -2.07. The van der Waals surface area contributed by atoms with Gasteiger partial charge in [0.2, 0.25) is 0 Å². The number of halogens is 1. The third-order valence-electron chi connectivity index (χ3n) is 2.86. The van der Waals surface area contributed by atoms with E-state index in [9.17, 15) is 0 Å². The Hall–Kier alpha value is -2.06. The van der Waals surface area contributed by atoms with Gasteiger partial charge in [-0.15, -0.1) is 0 Å². The van der Waals surface area contributed by atoms with Crippen LogP contribution in [0.25, 0.3) is 0 Å². The lowest BCUT2D eigenvalue weighted by molar-refractivity contribution is 0.853. The summed E-state index contributed by atoms with van der Waals surface area (Å²) < 4.78 is 0. The maximum atomic E-state index is 8.87. The minimum atomic E-state index is 0.379. The monoisotopic (exact) mass is 275 g/mol. The van der Waals surface area contributed by atoms with E-state index in [1.54, 1.807) is 12.3 Å². The van der Waals surface area contributed by atoms with Crippen LogP contribution in [-0.2, 0) is 6.42 Å². The zero-order valence-corrected chi connectivity index (χ0v) is 11.3. The lowest BCUT2D eigenvalue weighted by atomic mass is 10.1. The molecule has 2 rings (SSSR count). The summed E-state index contributed by atoms with van der Waals surface area (Å²) in [5.74, 6) is 0.560. The van der Waals surface area contributed by atoms with Crippen molar-refractivity contribution in [3.05, 3.63) is 40.3 Å². The van der Waals surface area contributed by atoms with Gasteiger partial charge in [0, 0.05) is 18.4 Å². The molecule has 0 saturated heterocycles. The molecular weight excluding hydrogens is 262 g/mol. The molecule has 0 atom stereocenters. The molecule has 2 aromatic rings. The van der Waals surface area contributed by atoms with Crippen LogP contribution in [0.15, 0.2) is 18.5 Å². The van der Waals surface area contributed by atoms with E-state index in [1.807, 2.05) is 19.2 Å². The Morgan fingerprint density at radius 1 is 1.53 bits per heavy atom. The first-order valence-electron chi connectivity index (χ1n) is 5.99. The topological polar surface area (TPSA) is 77.4 Å². The van der Waals surface area contributed by atoms with Gasteiger partial charge in [0.1, 0.15) is 16.9 Å². The van der Waals surface area contributed by atoms with Gasteiger partial charge in [-0.25, -0.2) is 4.98 Å². The van der Waals surface area contributed by atoms with Crippen LogP contribution < -0.4 is 5.32 Å². The fraction of sp³-hybridized carbons (Fsp3) is 0.308. The summed E-state index contributed by atoms with van der Waals surface area (Å²) in [7, 11) is 0. The number of aryl methyl sites for hydroxylation is 2. The molecule has 0 amide bonds. The van der Waals surface area contributed by atoms with E-state index in [1.165, 1.54) is 5.56 Å². The van der Waals surface area contributed by atoms with Gasteiger partial charge in [0.25, 0.3) is 0 Å². The minimum Gasteiger partial charge on any atom is -0.369 e. The average Bonchev–Trinajstić information content (AvgIpc) is 2.82. The second-order valence-electron chi connectivity index (χ2n) is 4.18. The van der Waals surface area contributed by atoms with Crippen molar-refractivity contribution in [1.29, 1.82) is 5.26 Å². The van der Waals surface area contributed by atoms with Crippen LogP contribution in [0.4, 0.5) is 5.82 Å². The number of nitriles is 1.